The van der Waals surface area contributed by atoms with E-state index in [-0.39, 0.29) is 0 Å². The summed E-state index contributed by atoms with van der Waals surface area (Å²) in [6, 6.07) is 158. The molecular formula is C109H88N6. The molecule has 0 unspecified atom stereocenters. The predicted octanol–water partition coefficient (Wildman–Crippen LogP) is 30.4. The number of rotatable bonds is 18. The summed E-state index contributed by atoms with van der Waals surface area (Å²) in [5.74, 6) is 0. The molecule has 0 amide bonds. The molecule has 0 bridgehead atoms. The zero-order chi connectivity index (χ0) is 78.0. The highest BCUT2D eigenvalue weighted by Gasteiger charge is 2.21. The Hall–Kier alpha value is -14.7. The maximum Gasteiger partial charge on any atom is 0.0488 e. The van der Waals surface area contributed by atoms with E-state index in [1.807, 2.05) is 0 Å². The number of benzene rings is 19. The van der Waals surface area contributed by atoms with Crippen LogP contribution in [0.25, 0.3) is 76.5 Å². The van der Waals surface area contributed by atoms with Gasteiger partial charge in [0.2, 0.25) is 0 Å². The minimum Gasteiger partial charge on any atom is -0.345 e. The monoisotopic (exact) mass is 1480 g/mol. The normalized spacial score (nSPS) is 11.0. The first-order chi connectivity index (χ1) is 56.6. The Kier molecular flexibility index (Phi) is 21.3. The summed E-state index contributed by atoms with van der Waals surface area (Å²) in [6.45, 7) is 4.24. The van der Waals surface area contributed by atoms with Crippen LogP contribution in [0, 0.1) is 13.8 Å². The Balaban J connectivity index is 0.000000127. The minimum atomic E-state index is 1.11. The first kappa shape index (κ1) is 73.1. The van der Waals surface area contributed by atoms with Crippen LogP contribution < -0.4 is 29.4 Å². The molecule has 554 valence electrons. The molecule has 6 heteroatoms. The number of fused-ring (bicyclic) bond motifs is 2. The second-order valence-corrected chi connectivity index (χ2v) is 29.2. The third-order valence-electron chi connectivity index (χ3n) is 21.8. The predicted molar refractivity (Wildman–Crippen MR) is 494 cm³/mol. The molecule has 19 aromatic rings. The van der Waals surface area contributed by atoms with Crippen molar-refractivity contribution in [3.05, 3.63) is 454 Å². The topological polar surface area (TPSA) is 19.4 Å². The van der Waals surface area contributed by atoms with Gasteiger partial charge in [-0.05, 0) is 266 Å². The lowest BCUT2D eigenvalue weighted by Crippen LogP contribution is -2.12. The quantitative estimate of drug-likeness (QED) is 0.0625. The fourth-order valence-corrected chi connectivity index (χ4v) is 15.9. The van der Waals surface area contributed by atoms with Crippen molar-refractivity contribution in [2.24, 2.45) is 0 Å². The second-order valence-electron chi connectivity index (χ2n) is 29.2. The highest BCUT2D eigenvalue weighted by Crippen LogP contribution is 2.46. The molecule has 6 nitrogen and oxygen atoms in total. The third-order valence-corrected chi connectivity index (χ3v) is 21.8. The van der Waals surface area contributed by atoms with E-state index >= 15 is 0 Å². The van der Waals surface area contributed by atoms with Crippen LogP contribution >= 0.6 is 0 Å². The van der Waals surface area contributed by atoms with E-state index in [0.717, 1.165) is 68.2 Å². The van der Waals surface area contributed by atoms with E-state index in [1.54, 1.807) is 0 Å². The van der Waals surface area contributed by atoms with Gasteiger partial charge >= 0.3 is 0 Å². The standard InChI is InChI=1S/C45H32N2.2C32H28N2/c1-46(43-29-28-41-39-21-10-15-32-14-9-20-38(44(32)39)40-22-11-23-42(43)45(40)41)34-24-26-36(27-25-34)47(35-17-6-3-7-18-35)37-19-8-16-33(30-37)31-12-4-2-5-13-31;1-25-11-9-17-31(23-25)33(2)28-19-21-30(22-20-28)34(29-15-7-4-8-16-29)32-18-10-14-27(24-32)26-12-5-3-6-13-26;1-25-16-18-28(19-17-25)33(2)29-20-22-31(23-21-29)34(30-13-7-4-8-14-30)32-15-9-12-27(24-32)26-10-5-3-6-11-26/h2-30H,1H3;2*3-24H,1-2H3. The Bertz CT molecular complexity index is 6390. The van der Waals surface area contributed by atoms with Crippen LogP contribution in [-0.2, 0) is 0 Å². The van der Waals surface area contributed by atoms with Gasteiger partial charge in [0.1, 0.15) is 0 Å². The highest BCUT2D eigenvalue weighted by atomic mass is 15.2. The van der Waals surface area contributed by atoms with E-state index in [9.17, 15) is 0 Å². The summed E-state index contributed by atoms with van der Waals surface area (Å²) < 4.78 is 0. The van der Waals surface area contributed by atoms with Crippen molar-refractivity contribution in [2.75, 3.05) is 50.5 Å². The van der Waals surface area contributed by atoms with Gasteiger partial charge in [0, 0.05) is 112 Å². The molecule has 0 aliphatic heterocycles. The average molecular weight is 1480 g/mol. The molecule has 0 heterocycles. The van der Waals surface area contributed by atoms with Gasteiger partial charge in [-0.3, -0.25) is 0 Å². The lowest BCUT2D eigenvalue weighted by atomic mass is 9.89. The molecule has 0 fully saturated rings. The smallest absolute Gasteiger partial charge is 0.0488 e. The van der Waals surface area contributed by atoms with E-state index in [1.165, 1.54) is 105 Å². The minimum absolute atomic E-state index is 1.11. The SMILES string of the molecule is CN(c1ccc(N(c2ccccc2)c2cccc(-c3ccccc3)c2)cc1)c1ccc2c3cccc4cccc(c5cccc1c52)c43.Cc1ccc(N(C)c2ccc(N(c3ccccc3)c3cccc(-c4ccccc4)c3)cc2)cc1.Cc1cccc(N(C)c2ccc(N(c3ccccc3)c3cccc(-c4ccccc4)c3)cc2)c1. The zero-order valence-electron chi connectivity index (χ0n) is 65.3. The van der Waals surface area contributed by atoms with Crippen LogP contribution in [0.4, 0.5) is 85.3 Å². The summed E-state index contributed by atoms with van der Waals surface area (Å²) in [4.78, 5) is 13.7. The molecule has 0 radical (unpaired) electrons. The first-order valence-electron chi connectivity index (χ1n) is 39.4. The van der Waals surface area contributed by atoms with Gasteiger partial charge in [-0.1, -0.05) is 272 Å². The van der Waals surface area contributed by atoms with Gasteiger partial charge in [0.05, 0.1) is 0 Å². The van der Waals surface area contributed by atoms with E-state index in [4.69, 9.17) is 0 Å². The van der Waals surface area contributed by atoms with Crippen molar-refractivity contribution in [1.82, 2.24) is 0 Å². The van der Waals surface area contributed by atoms with Gasteiger partial charge in [-0.15, -0.1) is 0 Å². The summed E-state index contributed by atoms with van der Waals surface area (Å²) in [7, 11) is 6.40. The Morgan fingerprint density at radius 3 is 0.817 bits per heavy atom. The van der Waals surface area contributed by atoms with Crippen molar-refractivity contribution in [3.8, 4) is 33.4 Å². The van der Waals surface area contributed by atoms with Crippen LogP contribution in [0.3, 0.4) is 0 Å². The van der Waals surface area contributed by atoms with Crippen LogP contribution in [0.2, 0.25) is 0 Å². The van der Waals surface area contributed by atoms with E-state index in [2.05, 4.69) is 507 Å². The van der Waals surface area contributed by atoms with Crippen LogP contribution in [-0.4, -0.2) is 21.1 Å². The molecule has 0 aromatic heterocycles. The molecule has 0 aliphatic carbocycles. The zero-order valence-corrected chi connectivity index (χ0v) is 65.3. The van der Waals surface area contributed by atoms with Crippen molar-refractivity contribution < 1.29 is 0 Å². The van der Waals surface area contributed by atoms with Gasteiger partial charge in [0.25, 0.3) is 0 Å². The van der Waals surface area contributed by atoms with Crippen molar-refractivity contribution >= 4 is 128 Å². The molecule has 0 atom stereocenters. The third kappa shape index (κ3) is 15.7. The summed E-state index contributed by atoms with van der Waals surface area (Å²) in [5, 5.41) is 10.5. The number of anilines is 15. The number of hydrogen-bond donors (Lipinski definition) is 0. The fourth-order valence-electron chi connectivity index (χ4n) is 15.9. The molecule has 0 spiro atoms. The number of aryl methyl sites for hydroxylation is 2. The number of para-hydroxylation sites is 3. The lowest BCUT2D eigenvalue weighted by molar-refractivity contribution is 1.20. The highest BCUT2D eigenvalue weighted by molar-refractivity contribution is 6.34. The van der Waals surface area contributed by atoms with E-state index in [0.29, 0.717) is 0 Å². The van der Waals surface area contributed by atoms with Crippen molar-refractivity contribution in [2.45, 2.75) is 13.8 Å². The maximum atomic E-state index is 2.33. The van der Waals surface area contributed by atoms with Crippen LogP contribution in [0.5, 0.6) is 0 Å². The average Bonchev–Trinajstić information content (AvgIpc) is 0.716. The molecule has 0 N–H and O–H groups in total. The summed E-state index contributed by atoms with van der Waals surface area (Å²) >= 11 is 0. The molecule has 0 saturated carbocycles. The Labute approximate surface area is 675 Å². The maximum absolute atomic E-state index is 2.33. The lowest BCUT2D eigenvalue weighted by Gasteiger charge is -2.27. The summed E-state index contributed by atoms with van der Waals surface area (Å²) in [5.41, 5.74) is 26.9. The molecule has 0 aliphatic rings. The van der Waals surface area contributed by atoms with Gasteiger partial charge in [0.15, 0.2) is 0 Å². The molecule has 115 heavy (non-hydrogen) atoms. The van der Waals surface area contributed by atoms with Crippen molar-refractivity contribution in [3.63, 3.8) is 0 Å². The number of hydrogen-bond acceptors (Lipinski definition) is 6. The summed E-state index contributed by atoms with van der Waals surface area (Å²) in [6.07, 6.45) is 0. The Morgan fingerprint density at radius 2 is 0.426 bits per heavy atom. The van der Waals surface area contributed by atoms with E-state index < -0.39 is 0 Å². The largest absolute Gasteiger partial charge is 0.345 e. The fraction of sp³-hybridized carbons (Fsp3) is 0.0459. The number of nitrogens with zero attached hydrogens (tertiary/aromatic N) is 6. The molecular weight excluding hydrogens is 1390 g/mol. The van der Waals surface area contributed by atoms with Crippen LogP contribution in [0.1, 0.15) is 11.1 Å². The Morgan fingerprint density at radius 1 is 0.157 bits per heavy atom. The van der Waals surface area contributed by atoms with Gasteiger partial charge in [-0.25, -0.2) is 0 Å². The molecule has 0 saturated heterocycles. The molecule has 19 aromatic carbocycles. The first-order valence-corrected chi connectivity index (χ1v) is 39.4. The van der Waals surface area contributed by atoms with Crippen LogP contribution in [0.15, 0.2) is 443 Å². The van der Waals surface area contributed by atoms with Gasteiger partial charge < -0.3 is 29.4 Å². The second kappa shape index (κ2) is 33.5. The van der Waals surface area contributed by atoms with Crippen molar-refractivity contribution in [1.29, 1.82) is 0 Å². The van der Waals surface area contributed by atoms with Gasteiger partial charge in [-0.2, -0.15) is 0 Å². The molecule has 19 rings (SSSR count).